The Morgan fingerprint density at radius 1 is 1.62 bits per heavy atom. The molecule has 1 aliphatic heterocycles. The molecule has 1 nitrogen and oxygen atoms in total. The molecule has 1 unspecified atom stereocenters. The van der Waals surface area contributed by atoms with Gasteiger partial charge in [0.15, 0.2) is 0 Å². The van der Waals surface area contributed by atoms with Gasteiger partial charge < -0.3 is 4.74 Å². The van der Waals surface area contributed by atoms with Crippen LogP contribution in [0.1, 0.15) is 19.3 Å². The van der Waals surface area contributed by atoms with Crippen LogP contribution >= 0.6 is 22.6 Å². The van der Waals surface area contributed by atoms with E-state index in [0.717, 1.165) is 6.61 Å². The third-order valence-corrected chi connectivity index (χ3v) is 2.08. The molecule has 0 N–H and O–H groups in total. The maximum atomic E-state index is 5.39. The quantitative estimate of drug-likeness (QED) is 0.516. The largest absolute Gasteiger partial charge is 0.378 e. The third-order valence-electron chi connectivity index (χ3n) is 1.46. The van der Waals surface area contributed by atoms with Gasteiger partial charge in [0.25, 0.3) is 0 Å². The average molecular weight is 226 g/mol. The number of rotatable bonds is 2. The van der Waals surface area contributed by atoms with E-state index in [0.29, 0.717) is 6.10 Å². The van der Waals surface area contributed by atoms with Crippen molar-refractivity contribution in [2.75, 3.05) is 11.0 Å². The van der Waals surface area contributed by atoms with Crippen molar-refractivity contribution in [3.8, 4) is 0 Å². The summed E-state index contributed by atoms with van der Waals surface area (Å²) in [6.07, 6.45) is 4.43. The van der Waals surface area contributed by atoms with E-state index in [1.54, 1.807) is 0 Å². The highest BCUT2D eigenvalue weighted by Gasteiger charge is 2.13. The van der Waals surface area contributed by atoms with Crippen molar-refractivity contribution in [2.45, 2.75) is 25.4 Å². The number of hydrogen-bond donors (Lipinski definition) is 0. The molecule has 0 aliphatic carbocycles. The third kappa shape index (κ3) is 1.90. The van der Waals surface area contributed by atoms with E-state index in [1.165, 1.54) is 23.7 Å². The minimum absolute atomic E-state index is 0.604. The van der Waals surface area contributed by atoms with Gasteiger partial charge in [-0.1, -0.05) is 22.6 Å². The fourth-order valence-electron chi connectivity index (χ4n) is 0.994. The summed E-state index contributed by atoms with van der Waals surface area (Å²) < 4.78 is 6.63. The summed E-state index contributed by atoms with van der Waals surface area (Å²) >= 11 is 2.40. The Labute approximate surface area is 63.9 Å². The van der Waals surface area contributed by atoms with Gasteiger partial charge in [0.1, 0.15) is 0 Å². The number of ether oxygens (including phenoxy) is 1. The van der Waals surface area contributed by atoms with Crippen LogP contribution in [0.5, 0.6) is 0 Å². The molecule has 0 aromatic heterocycles. The van der Waals surface area contributed by atoms with Crippen LogP contribution in [-0.2, 0) is 4.74 Å². The molecule has 0 aromatic rings. The Morgan fingerprint density at radius 3 is 3.00 bits per heavy atom. The van der Waals surface area contributed by atoms with Gasteiger partial charge in [-0.05, 0) is 19.3 Å². The summed E-state index contributed by atoms with van der Waals surface area (Å²) in [7, 11) is 0. The molecule has 0 spiro atoms. The first-order chi connectivity index (χ1) is 3.93. The molecular weight excluding hydrogens is 215 g/mol. The van der Waals surface area contributed by atoms with Crippen LogP contribution in [0.15, 0.2) is 0 Å². The smallest absolute Gasteiger partial charge is 0.0583 e. The molecule has 1 saturated heterocycles. The number of halogens is 1. The fraction of sp³-hybridized carbons (Fsp3) is 1.00. The second-order valence-corrected chi connectivity index (χ2v) is 3.19. The highest BCUT2D eigenvalue weighted by atomic mass is 127. The molecule has 0 saturated carbocycles. The standard InChI is InChI=1S/C6H11IO/c7-4-3-6-2-1-5-8-6/h6H,1-5H2. The van der Waals surface area contributed by atoms with Crippen LogP contribution in [0.4, 0.5) is 0 Å². The Hall–Kier alpha value is 0.690. The maximum absolute atomic E-state index is 5.39. The lowest BCUT2D eigenvalue weighted by molar-refractivity contribution is 0.109. The number of alkyl halides is 1. The molecule has 1 heterocycles. The van der Waals surface area contributed by atoms with E-state index in [9.17, 15) is 0 Å². The van der Waals surface area contributed by atoms with Crippen molar-refractivity contribution in [2.24, 2.45) is 0 Å². The minimum Gasteiger partial charge on any atom is -0.378 e. The molecule has 0 aromatic carbocycles. The maximum Gasteiger partial charge on any atom is 0.0583 e. The summed E-state index contributed by atoms with van der Waals surface area (Å²) in [5, 5.41) is 0. The van der Waals surface area contributed by atoms with Gasteiger partial charge in [-0.25, -0.2) is 0 Å². The van der Waals surface area contributed by atoms with Crippen molar-refractivity contribution < 1.29 is 4.74 Å². The molecular formula is C6H11IO. The van der Waals surface area contributed by atoms with E-state index < -0.39 is 0 Å². The highest BCUT2D eigenvalue weighted by molar-refractivity contribution is 14.1. The topological polar surface area (TPSA) is 9.23 Å². The van der Waals surface area contributed by atoms with Crippen LogP contribution in [0.3, 0.4) is 0 Å². The zero-order chi connectivity index (χ0) is 5.82. The summed E-state index contributed by atoms with van der Waals surface area (Å²) in [5.74, 6) is 0. The molecule has 8 heavy (non-hydrogen) atoms. The van der Waals surface area contributed by atoms with E-state index in [-0.39, 0.29) is 0 Å². The monoisotopic (exact) mass is 226 g/mol. The van der Waals surface area contributed by atoms with Gasteiger partial charge in [0.05, 0.1) is 6.10 Å². The number of hydrogen-bond acceptors (Lipinski definition) is 1. The van der Waals surface area contributed by atoms with Gasteiger partial charge in [-0.15, -0.1) is 0 Å². The zero-order valence-electron chi connectivity index (χ0n) is 4.90. The lowest BCUT2D eigenvalue weighted by atomic mass is 10.2. The molecule has 0 amide bonds. The van der Waals surface area contributed by atoms with E-state index >= 15 is 0 Å². The first kappa shape index (κ1) is 6.81. The Kier molecular flexibility index (Phi) is 3.12. The molecule has 48 valence electrons. The summed E-state index contributed by atoms with van der Waals surface area (Å²) in [4.78, 5) is 0. The Balaban J connectivity index is 2.06. The first-order valence-corrected chi connectivity index (χ1v) is 4.63. The van der Waals surface area contributed by atoms with Crippen molar-refractivity contribution in [1.29, 1.82) is 0 Å². The van der Waals surface area contributed by atoms with Gasteiger partial charge in [0.2, 0.25) is 0 Å². The van der Waals surface area contributed by atoms with Crippen molar-refractivity contribution in [1.82, 2.24) is 0 Å². The SMILES string of the molecule is ICCC1CCCO1. The lowest BCUT2D eigenvalue weighted by Gasteiger charge is -2.03. The van der Waals surface area contributed by atoms with Gasteiger partial charge in [0, 0.05) is 11.0 Å². The van der Waals surface area contributed by atoms with Crippen molar-refractivity contribution in [3.63, 3.8) is 0 Å². The van der Waals surface area contributed by atoms with Crippen LogP contribution in [0.2, 0.25) is 0 Å². The van der Waals surface area contributed by atoms with E-state index in [2.05, 4.69) is 22.6 Å². The molecule has 1 rings (SSSR count). The van der Waals surface area contributed by atoms with Crippen LogP contribution < -0.4 is 0 Å². The normalized spacial score (nSPS) is 28.9. The Bertz CT molecular complexity index is 59.5. The molecule has 0 bridgehead atoms. The van der Waals surface area contributed by atoms with Crippen molar-refractivity contribution in [3.05, 3.63) is 0 Å². The van der Waals surface area contributed by atoms with Crippen LogP contribution in [0, 0.1) is 0 Å². The summed E-state index contributed by atoms with van der Waals surface area (Å²) in [6.45, 7) is 1.00. The minimum atomic E-state index is 0.604. The second kappa shape index (κ2) is 3.67. The van der Waals surface area contributed by atoms with E-state index in [4.69, 9.17) is 4.74 Å². The predicted molar refractivity (Wildman–Crippen MR) is 42.5 cm³/mol. The molecule has 1 aliphatic rings. The second-order valence-electron chi connectivity index (χ2n) is 2.11. The lowest BCUT2D eigenvalue weighted by Crippen LogP contribution is -2.03. The van der Waals surface area contributed by atoms with Crippen LogP contribution in [-0.4, -0.2) is 17.1 Å². The van der Waals surface area contributed by atoms with Gasteiger partial charge in [-0.2, -0.15) is 0 Å². The molecule has 1 fully saturated rings. The summed E-state index contributed by atoms with van der Waals surface area (Å²) in [6, 6.07) is 0. The first-order valence-electron chi connectivity index (χ1n) is 3.11. The van der Waals surface area contributed by atoms with Gasteiger partial charge >= 0.3 is 0 Å². The highest BCUT2D eigenvalue weighted by Crippen LogP contribution is 2.15. The molecule has 2 heteroatoms. The molecule has 1 atom stereocenters. The van der Waals surface area contributed by atoms with E-state index in [1.807, 2.05) is 0 Å². The molecule has 0 radical (unpaired) electrons. The zero-order valence-corrected chi connectivity index (χ0v) is 7.06. The summed E-state index contributed by atoms with van der Waals surface area (Å²) in [5.41, 5.74) is 0. The fourth-order valence-corrected chi connectivity index (χ4v) is 1.69. The average Bonchev–Trinajstić information content (AvgIpc) is 2.19. The van der Waals surface area contributed by atoms with Gasteiger partial charge in [-0.3, -0.25) is 0 Å². The Morgan fingerprint density at radius 2 is 2.50 bits per heavy atom. The van der Waals surface area contributed by atoms with Crippen LogP contribution in [0.25, 0.3) is 0 Å². The van der Waals surface area contributed by atoms with Crippen molar-refractivity contribution >= 4 is 22.6 Å². The predicted octanol–water partition coefficient (Wildman–Crippen LogP) is 1.99.